The summed E-state index contributed by atoms with van der Waals surface area (Å²) >= 11 is 0. The molecule has 13 heavy (non-hydrogen) atoms. The molecule has 0 aliphatic carbocycles. The summed E-state index contributed by atoms with van der Waals surface area (Å²) in [6, 6.07) is 0.519. The maximum absolute atomic E-state index is 11.0. The number of nitrogens with zero attached hydrogens (tertiary/aromatic N) is 1. The van der Waals surface area contributed by atoms with Gasteiger partial charge >= 0.3 is 5.97 Å². The van der Waals surface area contributed by atoms with Gasteiger partial charge in [0.15, 0.2) is 0 Å². The maximum atomic E-state index is 11.0. The average Bonchev–Trinajstić information content (AvgIpc) is 2.57. The molecule has 0 aromatic rings. The zero-order valence-corrected chi connectivity index (χ0v) is 7.79. The Hall–Kier alpha value is -0.610. The lowest BCUT2D eigenvalue weighted by Crippen LogP contribution is -2.41. The van der Waals surface area contributed by atoms with Crippen molar-refractivity contribution in [3.8, 4) is 0 Å². The van der Waals surface area contributed by atoms with Crippen LogP contribution in [0.5, 0.6) is 0 Å². The molecule has 0 spiro atoms. The van der Waals surface area contributed by atoms with Crippen molar-refractivity contribution >= 4 is 5.97 Å². The summed E-state index contributed by atoms with van der Waals surface area (Å²) < 4.78 is 0. The molecule has 0 saturated carbocycles. The maximum Gasteiger partial charge on any atom is 0.325 e. The van der Waals surface area contributed by atoms with E-state index in [0.29, 0.717) is 12.5 Å². The van der Waals surface area contributed by atoms with Gasteiger partial charge in [-0.1, -0.05) is 0 Å². The standard InChI is InChI=1S/C9H16N2O2/c12-9-4-2-6-11(13-9)7-8-3-1-5-10-8/h8,10H,1-7H2. The van der Waals surface area contributed by atoms with E-state index in [0.717, 1.165) is 26.1 Å². The van der Waals surface area contributed by atoms with Gasteiger partial charge in [-0.2, -0.15) is 0 Å². The predicted molar refractivity (Wildman–Crippen MR) is 47.9 cm³/mol. The van der Waals surface area contributed by atoms with Crippen molar-refractivity contribution in [3.63, 3.8) is 0 Å². The molecule has 2 aliphatic heterocycles. The van der Waals surface area contributed by atoms with E-state index in [1.54, 1.807) is 5.06 Å². The van der Waals surface area contributed by atoms with Crippen LogP contribution in [-0.2, 0) is 9.63 Å². The molecule has 4 heteroatoms. The van der Waals surface area contributed by atoms with Crippen LogP contribution in [0.15, 0.2) is 0 Å². The number of carbonyl (C=O) groups excluding carboxylic acids is 1. The van der Waals surface area contributed by atoms with E-state index >= 15 is 0 Å². The lowest BCUT2D eigenvalue weighted by molar-refractivity contribution is -0.201. The SMILES string of the molecule is O=C1CCCN(CC2CCCN2)O1. The fourth-order valence-corrected chi connectivity index (χ4v) is 1.92. The minimum absolute atomic E-state index is 0.0794. The summed E-state index contributed by atoms with van der Waals surface area (Å²) in [5.41, 5.74) is 0. The Kier molecular flexibility index (Phi) is 2.80. The molecule has 0 aromatic carbocycles. The van der Waals surface area contributed by atoms with Gasteiger partial charge in [0.1, 0.15) is 0 Å². The van der Waals surface area contributed by atoms with Gasteiger partial charge in [0.25, 0.3) is 0 Å². The molecule has 2 heterocycles. The molecule has 0 aromatic heterocycles. The third kappa shape index (κ3) is 2.42. The van der Waals surface area contributed by atoms with Crippen molar-refractivity contribution in [2.75, 3.05) is 19.6 Å². The topological polar surface area (TPSA) is 41.6 Å². The lowest BCUT2D eigenvalue weighted by Gasteiger charge is -2.27. The fraction of sp³-hybridized carbons (Fsp3) is 0.889. The quantitative estimate of drug-likeness (QED) is 0.670. The smallest absolute Gasteiger partial charge is 0.325 e. The normalized spacial score (nSPS) is 30.5. The molecule has 2 saturated heterocycles. The molecule has 0 bridgehead atoms. The number of rotatable bonds is 2. The molecule has 4 nitrogen and oxygen atoms in total. The van der Waals surface area contributed by atoms with Crippen molar-refractivity contribution in [3.05, 3.63) is 0 Å². The first-order chi connectivity index (χ1) is 6.34. The second-order valence-electron chi connectivity index (χ2n) is 3.75. The first-order valence-electron chi connectivity index (χ1n) is 5.04. The molecule has 0 radical (unpaired) electrons. The number of carbonyl (C=O) groups is 1. The predicted octanol–water partition coefficient (Wildman–Crippen LogP) is 0.292. The summed E-state index contributed by atoms with van der Waals surface area (Å²) in [6.07, 6.45) is 3.96. The van der Waals surface area contributed by atoms with Crippen molar-refractivity contribution in [2.45, 2.75) is 31.7 Å². The van der Waals surface area contributed by atoms with E-state index < -0.39 is 0 Å². The van der Waals surface area contributed by atoms with E-state index in [-0.39, 0.29) is 5.97 Å². The first kappa shape index (κ1) is 8.97. The Morgan fingerprint density at radius 1 is 1.54 bits per heavy atom. The Bertz CT molecular complexity index is 190. The van der Waals surface area contributed by atoms with Crippen molar-refractivity contribution in [2.24, 2.45) is 0 Å². The number of nitrogens with one attached hydrogen (secondary N) is 1. The number of hydroxylamine groups is 2. The Balaban J connectivity index is 1.76. The highest BCUT2D eigenvalue weighted by Gasteiger charge is 2.23. The molecule has 2 fully saturated rings. The van der Waals surface area contributed by atoms with E-state index in [9.17, 15) is 4.79 Å². The number of hydrogen-bond donors (Lipinski definition) is 1. The van der Waals surface area contributed by atoms with Crippen molar-refractivity contribution < 1.29 is 9.63 Å². The van der Waals surface area contributed by atoms with Crippen LogP contribution in [0.4, 0.5) is 0 Å². The summed E-state index contributed by atoms with van der Waals surface area (Å²) in [7, 11) is 0. The third-order valence-electron chi connectivity index (χ3n) is 2.61. The van der Waals surface area contributed by atoms with Crippen LogP contribution >= 0.6 is 0 Å². The van der Waals surface area contributed by atoms with Gasteiger partial charge in [0.05, 0.1) is 6.54 Å². The highest BCUT2D eigenvalue weighted by Crippen LogP contribution is 2.11. The van der Waals surface area contributed by atoms with Crippen LogP contribution in [0, 0.1) is 0 Å². The molecule has 74 valence electrons. The Morgan fingerprint density at radius 2 is 2.46 bits per heavy atom. The fourth-order valence-electron chi connectivity index (χ4n) is 1.92. The van der Waals surface area contributed by atoms with Crippen LogP contribution in [0.2, 0.25) is 0 Å². The zero-order valence-electron chi connectivity index (χ0n) is 7.79. The molecule has 2 rings (SSSR count). The van der Waals surface area contributed by atoms with Crippen LogP contribution < -0.4 is 5.32 Å². The van der Waals surface area contributed by atoms with E-state index in [2.05, 4.69) is 5.32 Å². The second kappa shape index (κ2) is 4.07. The largest absolute Gasteiger partial charge is 0.368 e. The highest BCUT2D eigenvalue weighted by atomic mass is 16.7. The number of hydrogen-bond acceptors (Lipinski definition) is 4. The summed E-state index contributed by atoms with van der Waals surface area (Å²) in [4.78, 5) is 16.1. The van der Waals surface area contributed by atoms with Gasteiger partial charge in [0.2, 0.25) is 0 Å². The summed E-state index contributed by atoms with van der Waals surface area (Å²) in [5, 5.41) is 5.19. The zero-order chi connectivity index (χ0) is 9.10. The molecule has 0 amide bonds. The van der Waals surface area contributed by atoms with Gasteiger partial charge in [-0.3, -0.25) is 4.79 Å². The highest BCUT2D eigenvalue weighted by molar-refractivity contribution is 5.69. The first-order valence-corrected chi connectivity index (χ1v) is 5.04. The molecule has 1 atom stereocenters. The third-order valence-corrected chi connectivity index (χ3v) is 2.61. The van der Waals surface area contributed by atoms with Crippen LogP contribution in [0.3, 0.4) is 0 Å². The van der Waals surface area contributed by atoms with Crippen LogP contribution in [0.25, 0.3) is 0 Å². The van der Waals surface area contributed by atoms with Gasteiger partial charge in [-0.15, -0.1) is 5.06 Å². The van der Waals surface area contributed by atoms with Gasteiger partial charge in [-0.05, 0) is 25.8 Å². The van der Waals surface area contributed by atoms with Gasteiger partial charge in [0, 0.05) is 19.0 Å². The van der Waals surface area contributed by atoms with E-state index in [1.807, 2.05) is 0 Å². The molecular formula is C9H16N2O2. The Labute approximate surface area is 78.2 Å². The van der Waals surface area contributed by atoms with E-state index in [4.69, 9.17) is 4.84 Å². The monoisotopic (exact) mass is 184 g/mol. The van der Waals surface area contributed by atoms with Crippen LogP contribution in [0.1, 0.15) is 25.7 Å². The van der Waals surface area contributed by atoms with Crippen LogP contribution in [-0.4, -0.2) is 36.7 Å². The van der Waals surface area contributed by atoms with Gasteiger partial charge in [-0.25, -0.2) is 0 Å². The summed E-state index contributed by atoms with van der Waals surface area (Å²) in [5.74, 6) is -0.0794. The molecule has 2 aliphatic rings. The molecular weight excluding hydrogens is 168 g/mol. The van der Waals surface area contributed by atoms with E-state index in [1.165, 1.54) is 12.8 Å². The second-order valence-corrected chi connectivity index (χ2v) is 3.75. The minimum Gasteiger partial charge on any atom is -0.368 e. The van der Waals surface area contributed by atoms with Crippen molar-refractivity contribution in [1.82, 2.24) is 10.4 Å². The summed E-state index contributed by atoms with van der Waals surface area (Å²) in [6.45, 7) is 2.85. The molecule has 1 N–H and O–H groups in total. The minimum atomic E-state index is -0.0794. The average molecular weight is 184 g/mol. The molecule has 1 unspecified atom stereocenters. The Morgan fingerprint density at radius 3 is 3.15 bits per heavy atom. The lowest BCUT2D eigenvalue weighted by atomic mass is 10.2. The van der Waals surface area contributed by atoms with Gasteiger partial charge < -0.3 is 10.2 Å². The van der Waals surface area contributed by atoms with Crippen molar-refractivity contribution in [1.29, 1.82) is 0 Å².